The third-order valence-corrected chi connectivity index (χ3v) is 8.76. The third kappa shape index (κ3) is 8.44. The summed E-state index contributed by atoms with van der Waals surface area (Å²) in [5, 5.41) is 2.96. The molecule has 4 aromatic carbocycles. The number of amides is 1. The minimum Gasteiger partial charge on any atom is -0.465 e. The molecule has 9 nitrogen and oxygen atoms in total. The smallest absolute Gasteiger partial charge is 0.416 e. The van der Waals surface area contributed by atoms with E-state index in [4.69, 9.17) is 14.2 Å². The van der Waals surface area contributed by atoms with E-state index in [2.05, 4.69) is 10.2 Å². The number of hydrogen-bond donors (Lipinski definition) is 1. The Morgan fingerprint density at radius 3 is 1.96 bits per heavy atom. The number of carbonyl (C=O) groups excluding carboxylic acids is 4. The molecule has 0 aromatic heterocycles. The summed E-state index contributed by atoms with van der Waals surface area (Å²) < 4.78 is 55.7. The Hall–Kier alpha value is -5.65. The molecule has 4 aromatic rings. The monoisotopic (exact) mass is 716 g/mol. The lowest BCUT2D eigenvalue weighted by molar-refractivity contribution is -0.170. The number of rotatable bonds is 13. The van der Waals surface area contributed by atoms with Gasteiger partial charge < -0.3 is 24.4 Å². The van der Waals surface area contributed by atoms with E-state index in [-0.39, 0.29) is 30.8 Å². The van der Waals surface area contributed by atoms with E-state index in [1.165, 1.54) is 12.1 Å². The maximum atomic E-state index is 13.7. The summed E-state index contributed by atoms with van der Waals surface area (Å²) in [6.07, 6.45) is -2.83. The second kappa shape index (κ2) is 16.6. The van der Waals surface area contributed by atoms with Gasteiger partial charge in [-0.3, -0.25) is 19.2 Å². The van der Waals surface area contributed by atoms with Gasteiger partial charge in [0.05, 0.1) is 36.6 Å². The van der Waals surface area contributed by atoms with Gasteiger partial charge in [-0.15, -0.1) is 0 Å². The molecule has 272 valence electrons. The van der Waals surface area contributed by atoms with Crippen molar-refractivity contribution < 1.29 is 46.6 Å². The van der Waals surface area contributed by atoms with E-state index in [1.807, 2.05) is 0 Å². The second-order valence-corrected chi connectivity index (χ2v) is 12.2. The van der Waals surface area contributed by atoms with Gasteiger partial charge in [0.1, 0.15) is 6.61 Å². The summed E-state index contributed by atoms with van der Waals surface area (Å²) in [7, 11) is 0. The molecule has 0 aliphatic carbocycles. The van der Waals surface area contributed by atoms with Crippen molar-refractivity contribution in [2.75, 3.05) is 43.1 Å². The summed E-state index contributed by atoms with van der Waals surface area (Å²) in [6.45, 7) is 3.99. The number of carbonyl (C=O) groups is 4. The topological polar surface area (TPSA) is 111 Å². The maximum Gasteiger partial charge on any atom is 0.416 e. The van der Waals surface area contributed by atoms with E-state index in [0.29, 0.717) is 28.1 Å². The standard InChI is InChI=1S/C40H39F3N2O7/c1-3-50-37(48)39(38(49)51-4-2,29-12-6-5-7-13-29)26-52-35(46)25-27-16-21-33(34(24-27)45-22-10-11-23-45)44-36(47)32-15-9-8-14-31(32)28-17-19-30(20-18-28)40(41,42)43/h5-9,12-21,24H,3-4,10-11,22-23,25-26H2,1-2H3,(H,44,47). The molecule has 1 N–H and O–H groups in total. The van der Waals surface area contributed by atoms with Gasteiger partial charge in [0, 0.05) is 18.7 Å². The summed E-state index contributed by atoms with van der Waals surface area (Å²) in [5.74, 6) is -2.96. The lowest BCUT2D eigenvalue weighted by atomic mass is 9.81. The normalized spacial score (nSPS) is 13.0. The van der Waals surface area contributed by atoms with Crippen LogP contribution in [-0.4, -0.2) is 56.7 Å². The van der Waals surface area contributed by atoms with Gasteiger partial charge in [-0.2, -0.15) is 13.2 Å². The molecule has 1 aliphatic rings. The van der Waals surface area contributed by atoms with Gasteiger partial charge in [-0.05, 0) is 79.3 Å². The van der Waals surface area contributed by atoms with Crippen molar-refractivity contribution >= 4 is 35.2 Å². The van der Waals surface area contributed by atoms with Crippen LogP contribution in [0.25, 0.3) is 11.1 Å². The Kier molecular flexibility index (Phi) is 12.0. The molecule has 1 amide bonds. The quantitative estimate of drug-likeness (QED) is 0.0868. The van der Waals surface area contributed by atoms with Crippen LogP contribution in [0.3, 0.4) is 0 Å². The van der Waals surface area contributed by atoms with Gasteiger partial charge in [0.15, 0.2) is 0 Å². The fourth-order valence-electron chi connectivity index (χ4n) is 6.13. The van der Waals surface area contributed by atoms with Crippen molar-refractivity contribution in [3.8, 4) is 11.1 Å². The molecule has 12 heteroatoms. The highest BCUT2D eigenvalue weighted by molar-refractivity contribution is 6.10. The zero-order chi connectivity index (χ0) is 37.3. The van der Waals surface area contributed by atoms with Crippen LogP contribution in [0, 0.1) is 0 Å². The molecule has 1 saturated heterocycles. The Balaban J connectivity index is 1.37. The number of ether oxygens (including phenoxy) is 3. The number of alkyl halides is 3. The summed E-state index contributed by atoms with van der Waals surface area (Å²) in [6, 6.07) is 24.6. The minimum atomic E-state index is -4.48. The van der Waals surface area contributed by atoms with Crippen molar-refractivity contribution in [1.29, 1.82) is 0 Å². The Morgan fingerprint density at radius 2 is 1.35 bits per heavy atom. The Morgan fingerprint density at radius 1 is 0.731 bits per heavy atom. The van der Waals surface area contributed by atoms with Crippen LogP contribution >= 0.6 is 0 Å². The van der Waals surface area contributed by atoms with Crippen LogP contribution in [0.4, 0.5) is 24.5 Å². The van der Waals surface area contributed by atoms with E-state index >= 15 is 0 Å². The van der Waals surface area contributed by atoms with E-state index < -0.39 is 47.6 Å². The van der Waals surface area contributed by atoms with Crippen molar-refractivity contribution in [3.05, 3.63) is 119 Å². The largest absolute Gasteiger partial charge is 0.465 e. The van der Waals surface area contributed by atoms with Gasteiger partial charge in [-0.1, -0.05) is 66.7 Å². The van der Waals surface area contributed by atoms with Crippen molar-refractivity contribution in [2.24, 2.45) is 0 Å². The van der Waals surface area contributed by atoms with Crippen LogP contribution in [0.5, 0.6) is 0 Å². The van der Waals surface area contributed by atoms with Gasteiger partial charge in [-0.25, -0.2) is 0 Å². The molecule has 0 spiro atoms. The zero-order valence-electron chi connectivity index (χ0n) is 28.8. The van der Waals surface area contributed by atoms with Gasteiger partial charge in [0.2, 0.25) is 5.41 Å². The SMILES string of the molecule is CCOC(=O)C(COC(=O)Cc1ccc(NC(=O)c2ccccc2-c2ccc(C(F)(F)F)cc2)c(N2CCCC2)c1)(C(=O)OCC)c1ccccc1. The van der Waals surface area contributed by atoms with E-state index in [1.54, 1.807) is 86.6 Å². The average molecular weight is 717 g/mol. The highest BCUT2D eigenvalue weighted by Crippen LogP contribution is 2.35. The first-order valence-electron chi connectivity index (χ1n) is 17.0. The molecule has 1 fully saturated rings. The fraction of sp³-hybridized carbons (Fsp3) is 0.300. The van der Waals surface area contributed by atoms with E-state index in [9.17, 15) is 32.3 Å². The van der Waals surface area contributed by atoms with Crippen LogP contribution in [0.1, 0.15) is 53.7 Å². The van der Waals surface area contributed by atoms with Crippen LogP contribution in [-0.2, 0) is 46.6 Å². The molecule has 0 atom stereocenters. The Labute approximate surface area is 299 Å². The summed E-state index contributed by atoms with van der Waals surface area (Å²) in [5.41, 5.74) is 0.359. The molecular formula is C40H39F3N2O7. The number of anilines is 2. The second-order valence-electron chi connectivity index (χ2n) is 12.2. The molecule has 52 heavy (non-hydrogen) atoms. The maximum absolute atomic E-state index is 13.7. The zero-order valence-corrected chi connectivity index (χ0v) is 28.8. The van der Waals surface area contributed by atoms with Crippen LogP contribution in [0.15, 0.2) is 97.1 Å². The highest BCUT2D eigenvalue weighted by atomic mass is 19.4. The number of hydrogen-bond acceptors (Lipinski definition) is 8. The van der Waals surface area contributed by atoms with Crippen molar-refractivity contribution in [2.45, 2.75) is 44.7 Å². The number of benzene rings is 4. The summed E-state index contributed by atoms with van der Waals surface area (Å²) >= 11 is 0. The molecule has 1 aliphatic heterocycles. The number of nitrogens with one attached hydrogen (secondary N) is 1. The highest BCUT2D eigenvalue weighted by Gasteiger charge is 2.52. The molecule has 0 unspecified atom stereocenters. The lowest BCUT2D eigenvalue weighted by Gasteiger charge is -2.29. The lowest BCUT2D eigenvalue weighted by Crippen LogP contribution is -2.50. The molecule has 1 heterocycles. The molecule has 0 bridgehead atoms. The number of esters is 3. The van der Waals surface area contributed by atoms with Crippen LogP contribution < -0.4 is 10.2 Å². The molecular weight excluding hydrogens is 677 g/mol. The molecule has 5 rings (SSSR count). The Bertz CT molecular complexity index is 1870. The fourth-order valence-corrected chi connectivity index (χ4v) is 6.13. The number of nitrogens with zero attached hydrogens (tertiary/aromatic N) is 1. The average Bonchev–Trinajstić information content (AvgIpc) is 3.68. The first kappa shape index (κ1) is 37.6. The third-order valence-electron chi connectivity index (χ3n) is 8.76. The van der Waals surface area contributed by atoms with Gasteiger partial charge in [0.25, 0.3) is 5.91 Å². The van der Waals surface area contributed by atoms with Crippen molar-refractivity contribution in [3.63, 3.8) is 0 Å². The predicted molar refractivity (Wildman–Crippen MR) is 189 cm³/mol. The minimum absolute atomic E-state index is 0.0103. The van der Waals surface area contributed by atoms with Crippen molar-refractivity contribution in [1.82, 2.24) is 0 Å². The summed E-state index contributed by atoms with van der Waals surface area (Å²) in [4.78, 5) is 55.8. The van der Waals surface area contributed by atoms with Crippen LogP contribution in [0.2, 0.25) is 0 Å². The number of halogens is 3. The van der Waals surface area contributed by atoms with Gasteiger partial charge >= 0.3 is 24.1 Å². The predicted octanol–water partition coefficient (Wildman–Crippen LogP) is 7.37. The first-order valence-corrected chi connectivity index (χ1v) is 17.0. The first-order chi connectivity index (χ1) is 25.0. The molecule has 0 radical (unpaired) electrons. The molecule has 0 saturated carbocycles. The van der Waals surface area contributed by atoms with E-state index in [0.717, 1.165) is 38.1 Å².